The molecule has 1 aromatic carbocycles. The Kier molecular flexibility index (Phi) is 5.33. The van der Waals surface area contributed by atoms with Crippen molar-refractivity contribution in [2.75, 3.05) is 5.75 Å². The molecule has 0 saturated carbocycles. The number of carbonyl (C=O) groups excluding carboxylic acids is 1. The van der Waals surface area contributed by atoms with E-state index in [0.717, 1.165) is 11.3 Å². The van der Waals surface area contributed by atoms with Gasteiger partial charge in [0.05, 0.1) is 10.1 Å². The lowest BCUT2D eigenvalue weighted by atomic mass is 10.2. The molecule has 0 unspecified atom stereocenters. The van der Waals surface area contributed by atoms with Crippen molar-refractivity contribution in [1.82, 2.24) is 0 Å². The highest BCUT2D eigenvalue weighted by molar-refractivity contribution is 7.91. The fourth-order valence-electron chi connectivity index (χ4n) is 1.71. The Morgan fingerprint density at radius 2 is 1.81 bits per heavy atom. The van der Waals surface area contributed by atoms with Gasteiger partial charge in [0.1, 0.15) is 10.1 Å². The zero-order chi connectivity index (χ0) is 15.6. The number of sulfone groups is 1. The summed E-state index contributed by atoms with van der Waals surface area (Å²) in [5, 5.41) is 0.352. The molecule has 0 atom stereocenters. The molecular weight excluding hydrogens is 375 g/mol. The standard InChI is InChI=1S/C13H9Cl3O3S2/c14-10-4-2-1-3-8(10)6-21(18,19)7-11(17)9-5-12(15)20-13(9)16/h1-5H,6-7H2. The van der Waals surface area contributed by atoms with Gasteiger partial charge >= 0.3 is 0 Å². The van der Waals surface area contributed by atoms with Crippen LogP contribution < -0.4 is 0 Å². The fourth-order valence-corrected chi connectivity index (χ4v) is 4.87. The van der Waals surface area contributed by atoms with Crippen LogP contribution in [0, 0.1) is 0 Å². The first kappa shape index (κ1) is 16.8. The smallest absolute Gasteiger partial charge is 0.180 e. The number of hydrogen-bond acceptors (Lipinski definition) is 4. The SMILES string of the molecule is O=C(CS(=O)(=O)Cc1ccccc1Cl)c1cc(Cl)sc1Cl. The van der Waals surface area contributed by atoms with E-state index < -0.39 is 21.4 Å². The normalized spacial score (nSPS) is 11.6. The summed E-state index contributed by atoms with van der Waals surface area (Å²) in [6.07, 6.45) is 0. The maximum absolute atomic E-state index is 12.1. The predicted octanol–water partition coefficient (Wildman–Crippen LogP) is 4.51. The molecule has 0 radical (unpaired) electrons. The van der Waals surface area contributed by atoms with Crippen LogP contribution in [-0.2, 0) is 15.6 Å². The average molecular weight is 384 g/mol. The molecule has 8 heteroatoms. The van der Waals surface area contributed by atoms with Crippen molar-refractivity contribution in [2.24, 2.45) is 0 Å². The van der Waals surface area contributed by atoms with E-state index in [1.165, 1.54) is 6.07 Å². The van der Waals surface area contributed by atoms with E-state index in [4.69, 9.17) is 34.8 Å². The van der Waals surface area contributed by atoms with Crippen molar-refractivity contribution in [2.45, 2.75) is 5.75 Å². The molecule has 1 aromatic heterocycles. The number of halogens is 3. The number of ketones is 1. The fraction of sp³-hybridized carbons (Fsp3) is 0.154. The molecular formula is C13H9Cl3O3S2. The summed E-state index contributed by atoms with van der Waals surface area (Å²) in [7, 11) is -3.64. The van der Waals surface area contributed by atoms with Crippen molar-refractivity contribution in [1.29, 1.82) is 0 Å². The van der Waals surface area contributed by atoms with Gasteiger partial charge in [0, 0.05) is 10.6 Å². The third-order valence-electron chi connectivity index (χ3n) is 2.64. The molecule has 3 nitrogen and oxygen atoms in total. The van der Waals surface area contributed by atoms with Crippen LogP contribution in [0.4, 0.5) is 0 Å². The predicted molar refractivity (Wildman–Crippen MR) is 87.6 cm³/mol. The molecule has 2 rings (SSSR count). The van der Waals surface area contributed by atoms with Gasteiger partial charge in [-0.2, -0.15) is 0 Å². The molecule has 2 aromatic rings. The van der Waals surface area contributed by atoms with Crippen molar-refractivity contribution < 1.29 is 13.2 Å². The first-order valence-electron chi connectivity index (χ1n) is 5.70. The van der Waals surface area contributed by atoms with Gasteiger partial charge in [-0.25, -0.2) is 8.42 Å². The van der Waals surface area contributed by atoms with Crippen LogP contribution >= 0.6 is 46.1 Å². The lowest BCUT2D eigenvalue weighted by Crippen LogP contribution is -2.18. The van der Waals surface area contributed by atoms with Crippen LogP contribution in [-0.4, -0.2) is 20.0 Å². The van der Waals surface area contributed by atoms with Gasteiger partial charge < -0.3 is 0 Å². The van der Waals surface area contributed by atoms with Gasteiger partial charge in [-0.05, 0) is 17.7 Å². The second-order valence-electron chi connectivity index (χ2n) is 4.28. The first-order chi connectivity index (χ1) is 9.78. The molecule has 0 fully saturated rings. The van der Waals surface area contributed by atoms with Crippen LogP contribution in [0.3, 0.4) is 0 Å². The van der Waals surface area contributed by atoms with E-state index >= 15 is 0 Å². The summed E-state index contributed by atoms with van der Waals surface area (Å²) >= 11 is 18.5. The number of Topliss-reactive ketones (excluding diaryl/α,β-unsaturated/α-hetero) is 1. The molecule has 0 aliphatic heterocycles. The van der Waals surface area contributed by atoms with Gasteiger partial charge in [0.15, 0.2) is 15.6 Å². The Balaban J connectivity index is 2.16. The Bertz CT molecular complexity index is 782. The van der Waals surface area contributed by atoms with E-state index in [0.29, 0.717) is 14.9 Å². The van der Waals surface area contributed by atoms with Gasteiger partial charge in [-0.3, -0.25) is 4.79 Å². The number of hydrogen-bond donors (Lipinski definition) is 0. The molecule has 0 amide bonds. The van der Waals surface area contributed by atoms with Crippen LogP contribution in [0.15, 0.2) is 30.3 Å². The van der Waals surface area contributed by atoms with Crippen molar-refractivity contribution in [3.05, 3.63) is 55.2 Å². The molecule has 112 valence electrons. The van der Waals surface area contributed by atoms with E-state index in [1.807, 2.05) is 0 Å². The average Bonchev–Trinajstić information content (AvgIpc) is 2.70. The topological polar surface area (TPSA) is 51.2 Å². The van der Waals surface area contributed by atoms with Gasteiger partial charge in [-0.1, -0.05) is 53.0 Å². The third-order valence-corrected chi connectivity index (χ3v) is 5.95. The summed E-state index contributed by atoms with van der Waals surface area (Å²) < 4.78 is 24.7. The number of thiophene rings is 1. The Morgan fingerprint density at radius 3 is 2.38 bits per heavy atom. The lowest BCUT2D eigenvalue weighted by Gasteiger charge is -2.05. The molecule has 0 spiro atoms. The summed E-state index contributed by atoms with van der Waals surface area (Å²) in [5.74, 6) is -1.51. The van der Waals surface area contributed by atoms with E-state index in [2.05, 4.69) is 0 Å². The zero-order valence-corrected chi connectivity index (χ0v) is 14.4. The Labute approximate surface area is 141 Å². The highest BCUT2D eigenvalue weighted by Gasteiger charge is 2.22. The number of rotatable bonds is 5. The van der Waals surface area contributed by atoms with Crippen molar-refractivity contribution >= 4 is 61.8 Å². The van der Waals surface area contributed by atoms with E-state index in [1.54, 1.807) is 24.3 Å². The Morgan fingerprint density at radius 1 is 1.14 bits per heavy atom. The maximum atomic E-state index is 12.1. The van der Waals surface area contributed by atoms with E-state index in [9.17, 15) is 13.2 Å². The molecule has 0 aliphatic carbocycles. The summed E-state index contributed by atoms with van der Waals surface area (Å²) in [6.45, 7) is 0. The van der Waals surface area contributed by atoms with E-state index in [-0.39, 0.29) is 15.7 Å². The van der Waals surface area contributed by atoms with Gasteiger partial charge in [-0.15, -0.1) is 11.3 Å². The molecule has 0 saturated heterocycles. The molecule has 1 heterocycles. The third kappa shape index (κ3) is 4.44. The van der Waals surface area contributed by atoms with Crippen LogP contribution in [0.2, 0.25) is 13.7 Å². The highest BCUT2D eigenvalue weighted by atomic mass is 35.5. The Hall–Kier alpha value is -0.590. The largest absolute Gasteiger partial charge is 0.293 e. The second-order valence-corrected chi connectivity index (χ2v) is 9.04. The quantitative estimate of drug-likeness (QED) is 0.714. The van der Waals surface area contributed by atoms with Crippen LogP contribution in [0.25, 0.3) is 0 Å². The second kappa shape index (κ2) is 6.67. The summed E-state index contributed by atoms with van der Waals surface area (Å²) in [4.78, 5) is 12.0. The van der Waals surface area contributed by atoms with Crippen molar-refractivity contribution in [3.8, 4) is 0 Å². The van der Waals surface area contributed by atoms with Gasteiger partial charge in [0.2, 0.25) is 0 Å². The number of carbonyl (C=O) groups is 1. The molecule has 21 heavy (non-hydrogen) atoms. The lowest BCUT2D eigenvalue weighted by molar-refractivity contribution is 0.102. The molecule has 0 aliphatic rings. The molecule has 0 N–H and O–H groups in total. The van der Waals surface area contributed by atoms with Crippen LogP contribution in [0.5, 0.6) is 0 Å². The van der Waals surface area contributed by atoms with Crippen LogP contribution in [0.1, 0.15) is 15.9 Å². The minimum absolute atomic E-state index is 0.134. The maximum Gasteiger partial charge on any atom is 0.180 e. The van der Waals surface area contributed by atoms with Gasteiger partial charge in [0.25, 0.3) is 0 Å². The zero-order valence-electron chi connectivity index (χ0n) is 10.5. The monoisotopic (exact) mass is 382 g/mol. The number of benzene rings is 1. The molecule has 0 bridgehead atoms. The summed E-state index contributed by atoms with van der Waals surface area (Å²) in [5.41, 5.74) is 0.593. The highest BCUT2D eigenvalue weighted by Crippen LogP contribution is 2.31. The van der Waals surface area contributed by atoms with Crippen molar-refractivity contribution in [3.63, 3.8) is 0 Å². The minimum atomic E-state index is -3.64. The first-order valence-corrected chi connectivity index (χ1v) is 9.47. The summed E-state index contributed by atoms with van der Waals surface area (Å²) in [6, 6.07) is 7.98. The minimum Gasteiger partial charge on any atom is -0.293 e.